The van der Waals surface area contributed by atoms with Crippen LogP contribution in [-0.4, -0.2) is 6.16 Å². The number of hydrogen-bond donors (Lipinski definition) is 0. The number of aryl methyl sites for hydroxylation is 2. The SMILES string of the molecule is Cc1ccccc1P(Cc1cc(-c2ccccc2)c(-c2ccccc2)cc1C1(CP)C2CC3CC(C2)CC1C3)c1ccccc1C. The predicted octanol–water partition coefficient (Wildman–Crippen LogP) is 10.8. The van der Waals surface area contributed by atoms with Crippen LogP contribution in [0, 0.1) is 37.5 Å². The van der Waals surface area contributed by atoms with Crippen molar-refractivity contribution in [3.8, 4) is 22.3 Å². The van der Waals surface area contributed by atoms with Crippen LogP contribution in [0.3, 0.4) is 0 Å². The molecule has 9 rings (SSSR count). The molecule has 4 aliphatic rings. The minimum Gasteiger partial charge on any atom is -0.137 e. The molecule has 0 aromatic heterocycles. The molecule has 4 bridgehead atoms. The Morgan fingerprint density at radius 1 is 0.587 bits per heavy atom. The van der Waals surface area contributed by atoms with E-state index in [0.717, 1.165) is 29.8 Å². The molecule has 46 heavy (non-hydrogen) atoms. The Labute approximate surface area is 280 Å². The number of benzene rings is 5. The highest BCUT2D eigenvalue weighted by Gasteiger charge is 2.57. The summed E-state index contributed by atoms with van der Waals surface area (Å²) in [6.45, 7) is 4.64. The van der Waals surface area contributed by atoms with Gasteiger partial charge in [0, 0.05) is 11.6 Å². The van der Waals surface area contributed by atoms with E-state index < -0.39 is 7.92 Å². The second kappa shape index (κ2) is 12.5. The average molecular weight is 637 g/mol. The second-order valence-corrected chi connectivity index (χ2v) is 17.0. The van der Waals surface area contributed by atoms with E-state index in [1.54, 1.807) is 11.1 Å². The van der Waals surface area contributed by atoms with Crippen LogP contribution in [-0.2, 0) is 11.6 Å². The van der Waals surface area contributed by atoms with E-state index in [1.807, 2.05) is 0 Å². The molecule has 0 N–H and O–H groups in total. The quantitative estimate of drug-likeness (QED) is 0.149. The summed E-state index contributed by atoms with van der Waals surface area (Å²) in [6.07, 6.45) is 9.42. The summed E-state index contributed by atoms with van der Waals surface area (Å²) in [6, 6.07) is 46.1. The van der Waals surface area contributed by atoms with Crippen molar-refractivity contribution >= 4 is 27.8 Å². The van der Waals surface area contributed by atoms with Crippen LogP contribution in [0.2, 0.25) is 0 Å². The maximum Gasteiger partial charge on any atom is 0.00474 e. The monoisotopic (exact) mass is 636 g/mol. The van der Waals surface area contributed by atoms with E-state index in [4.69, 9.17) is 0 Å². The molecule has 4 aliphatic carbocycles. The lowest BCUT2D eigenvalue weighted by Gasteiger charge is -2.62. The highest BCUT2D eigenvalue weighted by molar-refractivity contribution is 7.72. The molecule has 4 saturated carbocycles. The number of rotatable bonds is 8. The first-order valence-electron chi connectivity index (χ1n) is 17.4. The van der Waals surface area contributed by atoms with Gasteiger partial charge in [0.25, 0.3) is 0 Å². The zero-order valence-corrected chi connectivity index (χ0v) is 29.4. The van der Waals surface area contributed by atoms with Gasteiger partial charge in [-0.2, -0.15) is 0 Å². The van der Waals surface area contributed by atoms with Gasteiger partial charge in [-0.25, -0.2) is 0 Å². The second-order valence-electron chi connectivity index (χ2n) is 14.5. The summed E-state index contributed by atoms with van der Waals surface area (Å²) < 4.78 is 0. The average Bonchev–Trinajstić information content (AvgIpc) is 3.09. The molecule has 0 aliphatic heterocycles. The van der Waals surface area contributed by atoms with Crippen molar-refractivity contribution in [3.05, 3.63) is 144 Å². The maximum atomic E-state index is 3.30. The first-order chi connectivity index (χ1) is 22.5. The molecule has 1 unspecified atom stereocenters. The fourth-order valence-corrected chi connectivity index (χ4v) is 13.7. The Morgan fingerprint density at radius 2 is 1.04 bits per heavy atom. The van der Waals surface area contributed by atoms with Gasteiger partial charge in [0.1, 0.15) is 0 Å². The minimum absolute atomic E-state index is 0.227. The molecule has 0 nitrogen and oxygen atoms in total. The molecule has 0 heterocycles. The van der Waals surface area contributed by atoms with E-state index in [0.29, 0.717) is 0 Å². The van der Waals surface area contributed by atoms with Crippen LogP contribution in [0.5, 0.6) is 0 Å². The van der Waals surface area contributed by atoms with Gasteiger partial charge in [0.15, 0.2) is 0 Å². The lowest BCUT2D eigenvalue weighted by molar-refractivity contribution is -0.0502. The summed E-state index contributed by atoms with van der Waals surface area (Å²) in [5, 5.41) is 3.05. The van der Waals surface area contributed by atoms with Crippen LogP contribution in [0.15, 0.2) is 121 Å². The first-order valence-corrected chi connectivity index (χ1v) is 19.8. The topological polar surface area (TPSA) is 0 Å². The summed E-state index contributed by atoms with van der Waals surface area (Å²) in [4.78, 5) is 0. The highest BCUT2D eigenvalue weighted by atomic mass is 31.1. The summed E-state index contributed by atoms with van der Waals surface area (Å²) in [7, 11) is 2.70. The summed E-state index contributed by atoms with van der Waals surface area (Å²) in [5.41, 5.74) is 11.7. The van der Waals surface area contributed by atoms with Gasteiger partial charge in [0.2, 0.25) is 0 Å². The zero-order chi connectivity index (χ0) is 31.3. The molecule has 4 fully saturated rings. The van der Waals surface area contributed by atoms with Gasteiger partial charge in [0.05, 0.1) is 0 Å². The predicted molar refractivity (Wildman–Crippen MR) is 203 cm³/mol. The fourth-order valence-electron chi connectivity index (χ4n) is 10.0. The van der Waals surface area contributed by atoms with Gasteiger partial charge < -0.3 is 0 Å². The van der Waals surface area contributed by atoms with Crippen LogP contribution in [0.25, 0.3) is 22.3 Å². The normalized spacial score (nSPS) is 24.9. The standard InChI is InChI=1S/C44H46P2/c1-30-13-9-11-19-42(30)46(43-20-12-10-14-31(43)2)28-36-26-39(34-15-5-3-6-16-34)40(35-17-7-4-8-18-35)27-41(36)44(29-45)37-22-32-21-33(24-37)25-38(44)23-32/h3-20,26-27,32-33,37-38H,21-25,28-29,45H2,1-2H3. The molecule has 232 valence electrons. The smallest absolute Gasteiger partial charge is 0.00474 e. The van der Waals surface area contributed by atoms with Crippen LogP contribution in [0.4, 0.5) is 0 Å². The lowest BCUT2D eigenvalue weighted by atomic mass is 9.44. The van der Waals surface area contributed by atoms with Crippen molar-refractivity contribution < 1.29 is 0 Å². The Kier molecular flexibility index (Phi) is 8.25. The van der Waals surface area contributed by atoms with Crippen LogP contribution in [0.1, 0.15) is 54.4 Å². The molecule has 0 saturated heterocycles. The van der Waals surface area contributed by atoms with Crippen molar-refractivity contribution in [2.75, 3.05) is 6.16 Å². The van der Waals surface area contributed by atoms with Crippen LogP contribution < -0.4 is 10.6 Å². The van der Waals surface area contributed by atoms with Gasteiger partial charge in [-0.15, -0.1) is 9.24 Å². The van der Waals surface area contributed by atoms with Crippen molar-refractivity contribution in [1.82, 2.24) is 0 Å². The highest BCUT2D eigenvalue weighted by Crippen LogP contribution is 2.64. The van der Waals surface area contributed by atoms with Crippen molar-refractivity contribution in [1.29, 1.82) is 0 Å². The third-order valence-corrected chi connectivity index (χ3v) is 15.5. The molecule has 0 radical (unpaired) electrons. The minimum atomic E-state index is -0.600. The molecule has 1 atom stereocenters. The molecule has 5 aromatic rings. The molecule has 0 amide bonds. The van der Waals surface area contributed by atoms with Crippen molar-refractivity contribution in [2.24, 2.45) is 23.7 Å². The summed E-state index contributed by atoms with van der Waals surface area (Å²) >= 11 is 0. The maximum absolute atomic E-state index is 3.30. The van der Waals surface area contributed by atoms with E-state index in [2.05, 4.69) is 144 Å². The zero-order valence-electron chi connectivity index (χ0n) is 27.3. The first kappa shape index (κ1) is 30.3. The van der Waals surface area contributed by atoms with Crippen LogP contribution >= 0.6 is 17.2 Å². The van der Waals surface area contributed by atoms with Crippen molar-refractivity contribution in [2.45, 2.75) is 57.5 Å². The largest absolute Gasteiger partial charge is 0.137 e. The molecular weight excluding hydrogens is 590 g/mol. The Morgan fingerprint density at radius 3 is 1.52 bits per heavy atom. The molecule has 2 heteroatoms. The van der Waals surface area contributed by atoms with Gasteiger partial charge in [-0.05, 0) is 151 Å². The fraction of sp³-hybridized carbons (Fsp3) is 0.318. The lowest BCUT2D eigenvalue weighted by Crippen LogP contribution is -2.57. The van der Waals surface area contributed by atoms with Gasteiger partial charge in [-0.1, -0.05) is 109 Å². The Hall–Kier alpha value is -3.04. The Balaban J connectivity index is 1.40. The molecule has 0 spiro atoms. The summed E-state index contributed by atoms with van der Waals surface area (Å²) in [5.74, 6) is 3.47. The Bertz CT molecular complexity index is 1770. The van der Waals surface area contributed by atoms with Crippen molar-refractivity contribution in [3.63, 3.8) is 0 Å². The molecule has 5 aromatic carbocycles. The van der Waals surface area contributed by atoms with E-state index in [1.165, 1.54) is 82.3 Å². The van der Waals surface area contributed by atoms with E-state index in [9.17, 15) is 0 Å². The third-order valence-electron chi connectivity index (χ3n) is 12.0. The van der Waals surface area contributed by atoms with E-state index >= 15 is 0 Å². The number of hydrogen-bond acceptors (Lipinski definition) is 0. The van der Waals surface area contributed by atoms with Gasteiger partial charge in [-0.3, -0.25) is 0 Å². The van der Waals surface area contributed by atoms with E-state index in [-0.39, 0.29) is 5.41 Å². The van der Waals surface area contributed by atoms with Gasteiger partial charge >= 0.3 is 0 Å². The third kappa shape index (κ3) is 5.22. The molecular formula is C44H46P2.